The number of benzene rings is 1. The van der Waals surface area contributed by atoms with Crippen molar-refractivity contribution in [3.8, 4) is 0 Å². The standard InChI is InChI=1S/C16H24N2/c1-18(15-8-6-14(17)7-9-15)11-13-10-12-4-2-3-5-16(12)13/h2-5,13-15H,6-11,17H2,1H3. The molecule has 1 fully saturated rings. The highest BCUT2D eigenvalue weighted by Gasteiger charge is 2.29. The van der Waals surface area contributed by atoms with E-state index in [9.17, 15) is 0 Å². The van der Waals surface area contributed by atoms with Gasteiger partial charge in [-0.3, -0.25) is 0 Å². The third-order valence-corrected chi connectivity index (χ3v) is 4.83. The van der Waals surface area contributed by atoms with Gasteiger partial charge in [0.05, 0.1) is 0 Å². The maximum absolute atomic E-state index is 5.98. The fraction of sp³-hybridized carbons (Fsp3) is 0.625. The first-order chi connectivity index (χ1) is 8.74. The van der Waals surface area contributed by atoms with Gasteiger partial charge >= 0.3 is 0 Å². The topological polar surface area (TPSA) is 29.3 Å². The Bertz CT molecular complexity index is 407. The molecular formula is C16H24N2. The predicted molar refractivity (Wildman–Crippen MR) is 75.7 cm³/mol. The quantitative estimate of drug-likeness (QED) is 0.885. The van der Waals surface area contributed by atoms with Crippen LogP contribution in [0, 0.1) is 0 Å². The van der Waals surface area contributed by atoms with Gasteiger partial charge in [0, 0.05) is 24.5 Å². The molecule has 0 radical (unpaired) electrons. The van der Waals surface area contributed by atoms with Gasteiger partial charge in [0.25, 0.3) is 0 Å². The van der Waals surface area contributed by atoms with E-state index in [4.69, 9.17) is 5.73 Å². The summed E-state index contributed by atoms with van der Waals surface area (Å²) in [4.78, 5) is 2.58. The van der Waals surface area contributed by atoms with Gasteiger partial charge in [-0.15, -0.1) is 0 Å². The van der Waals surface area contributed by atoms with Crippen LogP contribution in [-0.2, 0) is 6.42 Å². The van der Waals surface area contributed by atoms with Crippen molar-refractivity contribution in [3.05, 3.63) is 35.4 Å². The van der Waals surface area contributed by atoms with Crippen molar-refractivity contribution in [1.82, 2.24) is 4.90 Å². The maximum atomic E-state index is 5.98. The summed E-state index contributed by atoms with van der Waals surface area (Å²) in [5, 5.41) is 0. The zero-order valence-electron chi connectivity index (χ0n) is 11.3. The van der Waals surface area contributed by atoms with E-state index in [1.807, 2.05) is 0 Å². The number of likely N-dealkylation sites (N-methyl/N-ethyl adjacent to an activating group) is 1. The molecule has 2 nitrogen and oxygen atoms in total. The molecule has 1 unspecified atom stereocenters. The largest absolute Gasteiger partial charge is 0.328 e. The van der Waals surface area contributed by atoms with Gasteiger partial charge in [0.15, 0.2) is 0 Å². The molecule has 0 spiro atoms. The van der Waals surface area contributed by atoms with E-state index < -0.39 is 0 Å². The van der Waals surface area contributed by atoms with E-state index >= 15 is 0 Å². The normalized spacial score (nSPS) is 30.9. The monoisotopic (exact) mass is 244 g/mol. The lowest BCUT2D eigenvalue weighted by Gasteiger charge is -2.39. The summed E-state index contributed by atoms with van der Waals surface area (Å²) in [7, 11) is 2.29. The summed E-state index contributed by atoms with van der Waals surface area (Å²) < 4.78 is 0. The molecule has 98 valence electrons. The van der Waals surface area contributed by atoms with Crippen LogP contribution in [0.1, 0.15) is 42.7 Å². The molecule has 2 aliphatic rings. The Balaban J connectivity index is 1.55. The molecule has 0 aliphatic heterocycles. The predicted octanol–water partition coefficient (Wildman–Crippen LogP) is 2.53. The van der Waals surface area contributed by atoms with E-state index in [-0.39, 0.29) is 0 Å². The van der Waals surface area contributed by atoms with Crippen LogP contribution in [-0.4, -0.2) is 30.6 Å². The van der Waals surface area contributed by atoms with E-state index in [0.717, 1.165) is 12.0 Å². The van der Waals surface area contributed by atoms with E-state index in [1.54, 1.807) is 11.1 Å². The summed E-state index contributed by atoms with van der Waals surface area (Å²) in [6, 6.07) is 10.1. The van der Waals surface area contributed by atoms with Crippen LogP contribution in [0.15, 0.2) is 24.3 Å². The number of rotatable bonds is 3. The van der Waals surface area contributed by atoms with Crippen LogP contribution < -0.4 is 5.73 Å². The maximum Gasteiger partial charge on any atom is 0.00936 e. The lowest BCUT2D eigenvalue weighted by Crippen LogP contribution is -2.41. The van der Waals surface area contributed by atoms with Gasteiger partial charge < -0.3 is 10.6 Å². The zero-order valence-corrected chi connectivity index (χ0v) is 11.3. The highest BCUT2D eigenvalue weighted by Crippen LogP contribution is 2.36. The molecule has 0 aromatic heterocycles. The van der Waals surface area contributed by atoms with Crippen LogP contribution in [0.2, 0.25) is 0 Å². The van der Waals surface area contributed by atoms with Crippen LogP contribution in [0.4, 0.5) is 0 Å². The van der Waals surface area contributed by atoms with Crippen molar-refractivity contribution in [2.45, 2.75) is 50.1 Å². The Kier molecular flexibility index (Phi) is 3.40. The first-order valence-corrected chi connectivity index (χ1v) is 7.27. The molecule has 0 saturated heterocycles. The Morgan fingerprint density at radius 2 is 1.89 bits per heavy atom. The average Bonchev–Trinajstić information content (AvgIpc) is 2.36. The molecule has 1 atom stereocenters. The molecule has 3 rings (SSSR count). The Labute approximate surface area is 110 Å². The summed E-state index contributed by atoms with van der Waals surface area (Å²) in [6.07, 6.45) is 6.25. The summed E-state index contributed by atoms with van der Waals surface area (Å²) in [5.74, 6) is 0.766. The van der Waals surface area contributed by atoms with Crippen molar-refractivity contribution >= 4 is 0 Å². The molecule has 0 amide bonds. The van der Waals surface area contributed by atoms with Crippen LogP contribution in [0.25, 0.3) is 0 Å². The van der Waals surface area contributed by atoms with Crippen LogP contribution in [0.3, 0.4) is 0 Å². The van der Waals surface area contributed by atoms with Gasteiger partial charge in [-0.25, -0.2) is 0 Å². The van der Waals surface area contributed by atoms with Crippen molar-refractivity contribution in [2.75, 3.05) is 13.6 Å². The lowest BCUT2D eigenvalue weighted by atomic mass is 9.77. The van der Waals surface area contributed by atoms with Crippen molar-refractivity contribution in [2.24, 2.45) is 5.73 Å². The second-order valence-electron chi connectivity index (χ2n) is 6.11. The molecule has 1 aromatic rings. The minimum atomic E-state index is 0.457. The van der Waals surface area contributed by atoms with Gasteiger partial charge in [0.2, 0.25) is 0 Å². The molecule has 18 heavy (non-hydrogen) atoms. The first-order valence-electron chi connectivity index (χ1n) is 7.27. The van der Waals surface area contributed by atoms with E-state index in [1.165, 1.54) is 38.6 Å². The highest BCUT2D eigenvalue weighted by atomic mass is 15.1. The third-order valence-electron chi connectivity index (χ3n) is 4.83. The second-order valence-corrected chi connectivity index (χ2v) is 6.11. The molecule has 2 heteroatoms. The smallest absolute Gasteiger partial charge is 0.00936 e. The molecule has 1 aromatic carbocycles. The zero-order chi connectivity index (χ0) is 12.5. The number of nitrogens with zero attached hydrogens (tertiary/aromatic N) is 1. The number of hydrogen-bond donors (Lipinski definition) is 1. The summed E-state index contributed by atoms with van der Waals surface area (Å²) >= 11 is 0. The molecule has 0 heterocycles. The number of fused-ring (bicyclic) bond motifs is 1. The fourth-order valence-electron chi connectivity index (χ4n) is 3.56. The van der Waals surface area contributed by atoms with Crippen LogP contribution in [0.5, 0.6) is 0 Å². The first kappa shape index (κ1) is 12.2. The molecular weight excluding hydrogens is 220 g/mol. The second kappa shape index (κ2) is 5.02. The summed E-state index contributed by atoms with van der Waals surface area (Å²) in [6.45, 7) is 1.22. The van der Waals surface area contributed by atoms with Crippen molar-refractivity contribution in [3.63, 3.8) is 0 Å². The number of hydrogen-bond acceptors (Lipinski definition) is 2. The fourth-order valence-corrected chi connectivity index (χ4v) is 3.56. The number of nitrogens with two attached hydrogens (primary N) is 1. The highest BCUT2D eigenvalue weighted by molar-refractivity contribution is 5.40. The van der Waals surface area contributed by atoms with Crippen molar-refractivity contribution < 1.29 is 0 Å². The Morgan fingerprint density at radius 3 is 2.61 bits per heavy atom. The van der Waals surface area contributed by atoms with E-state index in [2.05, 4.69) is 36.2 Å². The molecule has 1 saturated carbocycles. The summed E-state index contributed by atoms with van der Waals surface area (Å²) in [5.41, 5.74) is 9.12. The van der Waals surface area contributed by atoms with Crippen LogP contribution >= 0.6 is 0 Å². The SMILES string of the molecule is CN(CC1Cc2ccccc21)C1CCC(N)CC1. The Hall–Kier alpha value is -0.860. The van der Waals surface area contributed by atoms with Gasteiger partial charge in [0.1, 0.15) is 0 Å². The molecule has 2 N–H and O–H groups in total. The van der Waals surface area contributed by atoms with Gasteiger partial charge in [-0.05, 0) is 50.3 Å². The minimum Gasteiger partial charge on any atom is -0.328 e. The van der Waals surface area contributed by atoms with E-state index in [0.29, 0.717) is 6.04 Å². The third kappa shape index (κ3) is 2.32. The minimum absolute atomic E-state index is 0.457. The van der Waals surface area contributed by atoms with Crippen molar-refractivity contribution in [1.29, 1.82) is 0 Å². The molecule has 2 aliphatic carbocycles. The lowest BCUT2D eigenvalue weighted by molar-refractivity contribution is 0.169. The molecule has 0 bridgehead atoms. The van der Waals surface area contributed by atoms with Gasteiger partial charge in [-0.2, -0.15) is 0 Å². The van der Waals surface area contributed by atoms with Gasteiger partial charge in [-0.1, -0.05) is 24.3 Å². The Morgan fingerprint density at radius 1 is 1.17 bits per heavy atom. The average molecular weight is 244 g/mol.